The van der Waals surface area contributed by atoms with Crippen LogP contribution < -0.4 is 0 Å². The second kappa shape index (κ2) is 5.79. The van der Waals surface area contributed by atoms with Gasteiger partial charge >= 0.3 is 0 Å². The minimum absolute atomic E-state index is 0.364. The van der Waals surface area contributed by atoms with Gasteiger partial charge in [-0.3, -0.25) is 4.55 Å². The molecule has 15 heavy (non-hydrogen) atoms. The number of quaternary nitrogens is 1. The third-order valence-corrected chi connectivity index (χ3v) is 3.82. The molecule has 5 nitrogen and oxygen atoms in total. The molecule has 92 valence electrons. The number of hydrogen-bond acceptors (Lipinski definition) is 3. The number of aliphatic hydroxyl groups excluding tert-OH is 1. The quantitative estimate of drug-likeness (QED) is 0.489. The average molecular weight is 240 g/mol. The molecule has 0 aliphatic carbocycles. The molecule has 0 amide bonds. The van der Waals surface area contributed by atoms with E-state index in [1.165, 1.54) is 0 Å². The van der Waals surface area contributed by atoms with Crippen molar-refractivity contribution < 1.29 is 22.6 Å². The molecule has 0 bridgehead atoms. The van der Waals surface area contributed by atoms with E-state index in [1.807, 2.05) is 20.8 Å². The molecule has 0 rings (SSSR count). The SMILES string of the molecule is CC[N+](CC)(CC)CC(O)CS(=O)(=O)O. The Morgan fingerprint density at radius 2 is 1.53 bits per heavy atom. The highest BCUT2D eigenvalue weighted by Crippen LogP contribution is 2.08. The third-order valence-electron chi connectivity index (χ3n) is 3.01. The van der Waals surface area contributed by atoms with Crippen molar-refractivity contribution >= 4 is 10.1 Å². The highest BCUT2D eigenvalue weighted by atomic mass is 32.2. The van der Waals surface area contributed by atoms with Gasteiger partial charge in [0.15, 0.2) is 0 Å². The van der Waals surface area contributed by atoms with E-state index < -0.39 is 22.0 Å². The summed E-state index contributed by atoms with van der Waals surface area (Å²) in [7, 11) is -4.08. The molecule has 0 aliphatic rings. The van der Waals surface area contributed by atoms with Crippen LogP contribution in [0.3, 0.4) is 0 Å². The first kappa shape index (κ1) is 14.8. The fourth-order valence-corrected chi connectivity index (χ4v) is 2.39. The van der Waals surface area contributed by atoms with Crippen LogP contribution >= 0.6 is 0 Å². The lowest BCUT2D eigenvalue weighted by Crippen LogP contribution is -2.52. The lowest BCUT2D eigenvalue weighted by atomic mass is 10.2. The first-order valence-corrected chi connectivity index (χ1v) is 6.87. The van der Waals surface area contributed by atoms with Gasteiger partial charge < -0.3 is 9.59 Å². The van der Waals surface area contributed by atoms with Crippen molar-refractivity contribution in [2.45, 2.75) is 26.9 Å². The summed E-state index contributed by atoms with van der Waals surface area (Å²) in [4.78, 5) is 0. The first-order valence-electron chi connectivity index (χ1n) is 5.27. The Hall–Kier alpha value is -0.170. The van der Waals surface area contributed by atoms with E-state index in [2.05, 4.69) is 0 Å². The zero-order valence-corrected chi connectivity index (χ0v) is 10.5. The molecular weight excluding hydrogens is 218 g/mol. The van der Waals surface area contributed by atoms with Crippen molar-refractivity contribution in [2.24, 2.45) is 0 Å². The van der Waals surface area contributed by atoms with Crippen molar-refractivity contribution in [2.75, 3.05) is 31.9 Å². The molecular formula is C9H22NO4S+. The van der Waals surface area contributed by atoms with Crippen LogP contribution in [0.15, 0.2) is 0 Å². The standard InChI is InChI=1S/C9H21NO4S/c1-4-10(5-2,6-3)7-9(11)8-15(12,13)14/h9,11H,4-8H2,1-3H3/p+1. The number of nitrogens with zero attached hydrogens (tertiary/aromatic N) is 1. The molecule has 1 unspecified atom stereocenters. The molecule has 0 saturated heterocycles. The van der Waals surface area contributed by atoms with E-state index >= 15 is 0 Å². The first-order chi connectivity index (χ1) is 6.78. The van der Waals surface area contributed by atoms with E-state index in [-0.39, 0.29) is 0 Å². The molecule has 0 heterocycles. The maximum Gasteiger partial charge on any atom is 0.267 e. The minimum atomic E-state index is -4.08. The summed E-state index contributed by atoms with van der Waals surface area (Å²) in [6.45, 7) is 8.91. The number of likely N-dealkylation sites (N-methyl/N-ethyl adjacent to an activating group) is 1. The molecule has 0 aromatic carbocycles. The van der Waals surface area contributed by atoms with Crippen LogP contribution in [-0.4, -0.2) is 60.6 Å². The highest BCUT2D eigenvalue weighted by Gasteiger charge is 2.27. The molecule has 0 aromatic heterocycles. The van der Waals surface area contributed by atoms with E-state index in [1.54, 1.807) is 0 Å². The van der Waals surface area contributed by atoms with Gasteiger partial charge in [0.1, 0.15) is 18.4 Å². The fraction of sp³-hybridized carbons (Fsp3) is 1.00. The molecule has 6 heteroatoms. The summed E-state index contributed by atoms with van der Waals surface area (Å²) < 4.78 is 30.4. The summed E-state index contributed by atoms with van der Waals surface area (Å²) in [5.74, 6) is -0.576. The van der Waals surface area contributed by atoms with Crippen molar-refractivity contribution in [1.82, 2.24) is 0 Å². The normalized spacial score (nSPS) is 15.3. The van der Waals surface area contributed by atoms with E-state index in [0.717, 1.165) is 19.6 Å². The number of hydrogen-bond donors (Lipinski definition) is 2. The van der Waals surface area contributed by atoms with Gasteiger partial charge in [0.25, 0.3) is 10.1 Å². The zero-order valence-electron chi connectivity index (χ0n) is 9.68. The van der Waals surface area contributed by atoms with Gasteiger partial charge in [-0.1, -0.05) is 0 Å². The summed E-state index contributed by atoms with van der Waals surface area (Å²) in [6, 6.07) is 0. The van der Waals surface area contributed by atoms with Crippen LogP contribution in [0.5, 0.6) is 0 Å². The van der Waals surface area contributed by atoms with Crippen LogP contribution in [0, 0.1) is 0 Å². The second-order valence-electron chi connectivity index (χ2n) is 3.88. The van der Waals surface area contributed by atoms with Gasteiger partial charge in [-0.05, 0) is 20.8 Å². The molecule has 0 radical (unpaired) electrons. The van der Waals surface area contributed by atoms with Gasteiger partial charge in [0.05, 0.1) is 19.6 Å². The van der Waals surface area contributed by atoms with Gasteiger partial charge in [0, 0.05) is 0 Å². The summed E-state index contributed by atoms with van der Waals surface area (Å²) in [6.07, 6.45) is -1.00. The Kier molecular flexibility index (Phi) is 5.72. The molecule has 2 N–H and O–H groups in total. The molecule has 0 saturated carbocycles. The van der Waals surface area contributed by atoms with Crippen LogP contribution in [0.25, 0.3) is 0 Å². The van der Waals surface area contributed by atoms with Crippen LogP contribution in [-0.2, 0) is 10.1 Å². The molecule has 0 aromatic rings. The van der Waals surface area contributed by atoms with Crippen molar-refractivity contribution in [3.8, 4) is 0 Å². The molecule has 1 atom stereocenters. The smallest absolute Gasteiger partial charge is 0.267 e. The topological polar surface area (TPSA) is 74.6 Å². The summed E-state index contributed by atoms with van der Waals surface area (Å²) >= 11 is 0. The zero-order chi connectivity index (χ0) is 12.1. The van der Waals surface area contributed by atoms with Crippen molar-refractivity contribution in [1.29, 1.82) is 0 Å². The Morgan fingerprint density at radius 1 is 1.13 bits per heavy atom. The van der Waals surface area contributed by atoms with Gasteiger partial charge in [-0.25, -0.2) is 0 Å². The molecule has 0 aliphatic heterocycles. The Morgan fingerprint density at radius 3 is 1.80 bits per heavy atom. The average Bonchev–Trinajstić information content (AvgIpc) is 2.11. The van der Waals surface area contributed by atoms with Gasteiger partial charge in [0.2, 0.25) is 0 Å². The van der Waals surface area contributed by atoms with Gasteiger partial charge in [-0.2, -0.15) is 8.42 Å². The minimum Gasteiger partial charge on any atom is -0.386 e. The Labute approximate surface area is 92.1 Å². The predicted octanol–water partition coefficient (Wildman–Crippen LogP) is 0.112. The molecule has 0 spiro atoms. The largest absolute Gasteiger partial charge is 0.386 e. The Balaban J connectivity index is 4.42. The Bertz CT molecular complexity index is 264. The number of aliphatic hydroxyl groups is 1. The maximum absolute atomic E-state index is 10.6. The summed E-state index contributed by atoms with van der Waals surface area (Å²) in [5.41, 5.74) is 0. The van der Waals surface area contributed by atoms with E-state index in [9.17, 15) is 13.5 Å². The van der Waals surface area contributed by atoms with Gasteiger partial charge in [-0.15, -0.1) is 0 Å². The second-order valence-corrected chi connectivity index (χ2v) is 5.37. The van der Waals surface area contributed by atoms with E-state index in [0.29, 0.717) is 11.0 Å². The predicted molar refractivity (Wildman–Crippen MR) is 59.2 cm³/mol. The van der Waals surface area contributed by atoms with Crippen molar-refractivity contribution in [3.63, 3.8) is 0 Å². The van der Waals surface area contributed by atoms with Crippen LogP contribution in [0.2, 0.25) is 0 Å². The van der Waals surface area contributed by atoms with Crippen molar-refractivity contribution in [3.05, 3.63) is 0 Å². The maximum atomic E-state index is 10.6. The lowest BCUT2D eigenvalue weighted by molar-refractivity contribution is -0.925. The van der Waals surface area contributed by atoms with Crippen LogP contribution in [0.1, 0.15) is 20.8 Å². The lowest BCUT2D eigenvalue weighted by Gasteiger charge is -2.37. The van der Waals surface area contributed by atoms with Crippen LogP contribution in [0.4, 0.5) is 0 Å². The monoisotopic (exact) mass is 240 g/mol. The highest BCUT2D eigenvalue weighted by molar-refractivity contribution is 7.85. The summed E-state index contributed by atoms with van der Waals surface area (Å²) in [5, 5.41) is 9.56. The third kappa shape index (κ3) is 5.46. The molecule has 0 fully saturated rings. The number of rotatable bonds is 7. The van der Waals surface area contributed by atoms with E-state index in [4.69, 9.17) is 4.55 Å². The fourth-order valence-electron chi connectivity index (χ4n) is 1.80.